The van der Waals surface area contributed by atoms with Crippen molar-refractivity contribution in [2.24, 2.45) is 5.92 Å². The number of esters is 1. The average molecular weight is 456 g/mol. The number of aliphatic hydroxyl groups excluding tert-OH is 1. The Morgan fingerprint density at radius 3 is 2.47 bits per heavy atom. The molecule has 172 valence electrons. The molecule has 0 amide bonds. The van der Waals surface area contributed by atoms with Crippen molar-refractivity contribution in [3.05, 3.63) is 58.2 Å². The molecule has 3 N–H and O–H groups in total. The molecule has 1 unspecified atom stereocenters. The van der Waals surface area contributed by atoms with Gasteiger partial charge in [-0.2, -0.15) is 0 Å². The Labute approximate surface area is 194 Å². The second-order valence-electron chi connectivity index (χ2n) is 9.87. The Balaban J connectivity index is 1.91. The number of ether oxygens (including phenoxy) is 1. The normalized spacial score (nSPS) is 19.4. The highest BCUT2D eigenvalue weighted by atomic mass is 32.2. The van der Waals surface area contributed by atoms with Crippen LogP contribution in [0.2, 0.25) is 0 Å². The minimum atomic E-state index is -0.773. The number of aliphatic hydroxyl groups is 1. The number of cyclic esters (lactones) is 1. The first-order valence-electron chi connectivity index (χ1n) is 10.9. The van der Waals surface area contributed by atoms with E-state index < -0.39 is 11.6 Å². The molecule has 1 aromatic carbocycles. The lowest BCUT2D eigenvalue weighted by Crippen LogP contribution is -2.44. The van der Waals surface area contributed by atoms with Crippen LogP contribution in [-0.4, -0.2) is 26.6 Å². The Morgan fingerprint density at radius 1 is 1.25 bits per heavy atom. The second-order valence-corrected chi connectivity index (χ2v) is 10.9. The van der Waals surface area contributed by atoms with Gasteiger partial charge < -0.3 is 15.6 Å². The third kappa shape index (κ3) is 5.09. The highest BCUT2D eigenvalue weighted by Gasteiger charge is 2.44. The Morgan fingerprint density at radius 2 is 1.91 bits per heavy atom. The van der Waals surface area contributed by atoms with E-state index in [0.717, 1.165) is 21.6 Å². The molecule has 2 aromatic rings. The third-order valence-electron chi connectivity index (χ3n) is 6.10. The summed E-state index contributed by atoms with van der Waals surface area (Å²) in [5.41, 5.74) is 8.87. The van der Waals surface area contributed by atoms with Crippen molar-refractivity contribution in [2.45, 2.75) is 76.7 Å². The van der Waals surface area contributed by atoms with Crippen molar-refractivity contribution in [1.82, 2.24) is 9.97 Å². The van der Waals surface area contributed by atoms with Gasteiger partial charge in [0, 0.05) is 29.4 Å². The number of hydrogen-bond acceptors (Lipinski definition) is 7. The van der Waals surface area contributed by atoms with Gasteiger partial charge in [-0.3, -0.25) is 0 Å². The Kier molecular flexibility index (Phi) is 6.89. The third-order valence-corrected chi connectivity index (χ3v) is 7.27. The van der Waals surface area contributed by atoms with Gasteiger partial charge >= 0.3 is 5.97 Å². The van der Waals surface area contributed by atoms with Crippen molar-refractivity contribution in [3.63, 3.8) is 0 Å². The molecule has 0 radical (unpaired) electrons. The molecule has 0 bridgehead atoms. The van der Waals surface area contributed by atoms with E-state index in [1.807, 2.05) is 32.9 Å². The van der Waals surface area contributed by atoms with E-state index in [1.54, 1.807) is 12.4 Å². The lowest BCUT2D eigenvalue weighted by Gasteiger charge is -2.40. The molecule has 0 fully saturated rings. The molecular weight excluding hydrogens is 422 g/mol. The number of nitrogens with two attached hydrogens (primary N) is 1. The monoisotopic (exact) mass is 455 g/mol. The maximum Gasteiger partial charge on any atom is 0.349 e. The zero-order chi connectivity index (χ0) is 23.7. The van der Waals surface area contributed by atoms with E-state index >= 15 is 0 Å². The molecule has 0 saturated carbocycles. The number of aryl methyl sites for hydroxylation is 2. The first-order valence-corrected chi connectivity index (χ1v) is 11.7. The predicted octanol–water partition coefficient (Wildman–Crippen LogP) is 5.50. The summed E-state index contributed by atoms with van der Waals surface area (Å²) in [6, 6.07) is 3.94. The Hall–Kier alpha value is -2.54. The number of carbonyl (C=O) groups is 1. The molecule has 3 rings (SSSR count). The summed E-state index contributed by atoms with van der Waals surface area (Å²) in [6.07, 6.45) is 6.55. The van der Waals surface area contributed by atoms with Crippen LogP contribution in [-0.2, 0) is 21.4 Å². The van der Waals surface area contributed by atoms with Crippen LogP contribution in [0.1, 0.15) is 64.2 Å². The van der Waals surface area contributed by atoms with E-state index in [0.29, 0.717) is 18.5 Å². The largest absolute Gasteiger partial charge is 0.511 e. The molecule has 1 aliphatic heterocycles. The van der Waals surface area contributed by atoms with Gasteiger partial charge in [0.2, 0.25) is 0 Å². The molecule has 6 nitrogen and oxygen atoms in total. The number of hydrogen-bond donors (Lipinski definition) is 2. The summed E-state index contributed by atoms with van der Waals surface area (Å²) in [4.78, 5) is 22.4. The van der Waals surface area contributed by atoms with Gasteiger partial charge in [0.25, 0.3) is 0 Å². The molecule has 1 aliphatic rings. The van der Waals surface area contributed by atoms with E-state index in [9.17, 15) is 9.90 Å². The quantitative estimate of drug-likeness (QED) is 0.438. The number of aromatic nitrogens is 2. The van der Waals surface area contributed by atoms with Crippen LogP contribution in [0.25, 0.3) is 0 Å². The van der Waals surface area contributed by atoms with E-state index in [-0.39, 0.29) is 28.4 Å². The summed E-state index contributed by atoms with van der Waals surface area (Å²) < 4.78 is 6.05. The highest BCUT2D eigenvalue weighted by molar-refractivity contribution is 8.04. The first kappa shape index (κ1) is 24.1. The molecule has 32 heavy (non-hydrogen) atoms. The molecule has 1 atom stereocenters. The topological polar surface area (TPSA) is 98.3 Å². The number of anilines is 1. The fraction of sp³-hybridized carbons (Fsp3) is 0.480. The molecule has 0 spiro atoms. The summed E-state index contributed by atoms with van der Waals surface area (Å²) in [7, 11) is 0. The van der Waals surface area contributed by atoms with Gasteiger partial charge in [0.1, 0.15) is 22.6 Å². The molecule has 0 aliphatic carbocycles. The van der Waals surface area contributed by atoms with Crippen LogP contribution in [0.4, 0.5) is 5.69 Å². The first-order chi connectivity index (χ1) is 14.9. The van der Waals surface area contributed by atoms with E-state index in [1.165, 1.54) is 18.1 Å². The lowest BCUT2D eigenvalue weighted by molar-refractivity contribution is -0.164. The summed E-state index contributed by atoms with van der Waals surface area (Å²) in [5.74, 6) is -0.363. The second kappa shape index (κ2) is 9.14. The molecule has 1 aromatic heterocycles. The summed E-state index contributed by atoms with van der Waals surface area (Å²) in [5, 5.41) is 11.0. The SMILES string of the molecule is Cc1cc(SC2=C(O)CC(CCc3cncnc3)(C(C)C)OC2=O)c(C(C)(C)C)cc1N. The zero-order valence-electron chi connectivity index (χ0n) is 19.7. The van der Waals surface area contributed by atoms with Crippen LogP contribution in [0.5, 0.6) is 0 Å². The van der Waals surface area contributed by atoms with Gasteiger partial charge in [-0.1, -0.05) is 46.4 Å². The van der Waals surface area contributed by atoms with Crippen LogP contribution >= 0.6 is 11.8 Å². The minimum Gasteiger partial charge on any atom is -0.511 e. The van der Waals surface area contributed by atoms with Gasteiger partial charge in [-0.05, 0) is 59.9 Å². The fourth-order valence-corrected chi connectivity index (χ4v) is 5.14. The molecule has 2 heterocycles. The van der Waals surface area contributed by atoms with Gasteiger partial charge in [0.15, 0.2) is 0 Å². The van der Waals surface area contributed by atoms with Gasteiger partial charge in [0.05, 0.1) is 0 Å². The number of thioether (sulfide) groups is 1. The molecule has 0 saturated heterocycles. The molecular formula is C25H33N3O3S. The fourth-order valence-electron chi connectivity index (χ4n) is 3.89. The van der Waals surface area contributed by atoms with Crippen molar-refractivity contribution >= 4 is 23.4 Å². The lowest BCUT2D eigenvalue weighted by atomic mass is 9.80. The van der Waals surface area contributed by atoms with Crippen molar-refractivity contribution < 1.29 is 14.6 Å². The van der Waals surface area contributed by atoms with Crippen molar-refractivity contribution in [3.8, 4) is 0 Å². The number of benzene rings is 1. The summed E-state index contributed by atoms with van der Waals surface area (Å²) in [6.45, 7) is 12.3. The predicted molar refractivity (Wildman–Crippen MR) is 128 cm³/mol. The van der Waals surface area contributed by atoms with E-state index in [4.69, 9.17) is 10.5 Å². The average Bonchev–Trinajstić information content (AvgIpc) is 2.71. The smallest absolute Gasteiger partial charge is 0.349 e. The highest BCUT2D eigenvalue weighted by Crippen LogP contribution is 2.45. The van der Waals surface area contributed by atoms with Crippen LogP contribution in [0, 0.1) is 12.8 Å². The number of carbonyl (C=O) groups excluding carboxylic acids is 1. The maximum absolute atomic E-state index is 13.1. The van der Waals surface area contributed by atoms with Gasteiger partial charge in [-0.25, -0.2) is 14.8 Å². The standard InChI is InChI=1S/C25H33N3O3S/c1-15(2)25(8-7-17-12-27-14-28-13-17)11-20(29)22(23(30)31-25)32-21-9-16(3)19(26)10-18(21)24(4,5)6/h9-10,12-15,29H,7-8,11,26H2,1-6H3. The van der Waals surface area contributed by atoms with E-state index in [2.05, 4.69) is 30.7 Å². The summed E-state index contributed by atoms with van der Waals surface area (Å²) >= 11 is 1.26. The van der Waals surface area contributed by atoms with Crippen molar-refractivity contribution in [1.29, 1.82) is 0 Å². The van der Waals surface area contributed by atoms with Crippen LogP contribution in [0.15, 0.2) is 46.4 Å². The Bertz CT molecular complexity index is 1030. The maximum atomic E-state index is 13.1. The number of rotatable bonds is 6. The number of nitrogens with zero attached hydrogens (tertiary/aromatic N) is 2. The van der Waals surface area contributed by atoms with Crippen LogP contribution < -0.4 is 5.73 Å². The molecule has 7 heteroatoms. The zero-order valence-corrected chi connectivity index (χ0v) is 20.5. The minimum absolute atomic E-state index is 0.0358. The van der Waals surface area contributed by atoms with Crippen LogP contribution in [0.3, 0.4) is 0 Å². The number of nitrogen functional groups attached to an aromatic ring is 1. The van der Waals surface area contributed by atoms with Gasteiger partial charge in [-0.15, -0.1) is 0 Å². The van der Waals surface area contributed by atoms with Crippen molar-refractivity contribution in [2.75, 3.05) is 5.73 Å².